The molecule has 2 unspecified atom stereocenters. The van der Waals surface area contributed by atoms with Crippen LogP contribution in [0.5, 0.6) is 0 Å². The van der Waals surface area contributed by atoms with Crippen molar-refractivity contribution in [2.24, 2.45) is 11.7 Å². The van der Waals surface area contributed by atoms with E-state index in [4.69, 9.17) is 5.73 Å². The Bertz CT molecular complexity index is 313. The molecule has 3 N–H and O–H groups in total. The summed E-state index contributed by atoms with van der Waals surface area (Å²) in [6.45, 7) is 2.17. The SMILES string of the molecule is CC(CNC1CCS(=O)(=O)C1)C(N)=O. The third-order valence-corrected chi connectivity index (χ3v) is 4.20. The van der Waals surface area contributed by atoms with Gasteiger partial charge in [0.15, 0.2) is 9.84 Å². The maximum atomic E-state index is 11.1. The summed E-state index contributed by atoms with van der Waals surface area (Å²) in [5.74, 6) is -0.190. The van der Waals surface area contributed by atoms with Crippen molar-refractivity contribution in [2.75, 3.05) is 18.1 Å². The van der Waals surface area contributed by atoms with E-state index in [0.29, 0.717) is 13.0 Å². The monoisotopic (exact) mass is 220 g/mol. The third kappa shape index (κ3) is 3.26. The molecule has 14 heavy (non-hydrogen) atoms. The summed E-state index contributed by atoms with van der Waals surface area (Å²) in [4.78, 5) is 10.7. The summed E-state index contributed by atoms with van der Waals surface area (Å²) in [5, 5.41) is 3.04. The van der Waals surface area contributed by atoms with Gasteiger partial charge in [0, 0.05) is 18.5 Å². The van der Waals surface area contributed by atoms with Gasteiger partial charge in [-0.1, -0.05) is 6.92 Å². The standard InChI is InChI=1S/C8H16N2O3S/c1-6(8(9)11)4-10-7-2-3-14(12,13)5-7/h6-7,10H,2-5H2,1H3,(H2,9,11). The Balaban J connectivity index is 2.31. The molecule has 5 nitrogen and oxygen atoms in total. The highest BCUT2D eigenvalue weighted by atomic mass is 32.2. The molecule has 1 aliphatic heterocycles. The van der Waals surface area contributed by atoms with E-state index in [0.717, 1.165) is 0 Å². The van der Waals surface area contributed by atoms with Crippen molar-refractivity contribution < 1.29 is 13.2 Å². The van der Waals surface area contributed by atoms with Gasteiger partial charge < -0.3 is 11.1 Å². The van der Waals surface area contributed by atoms with Crippen LogP contribution in [-0.4, -0.2) is 38.4 Å². The van der Waals surface area contributed by atoms with Crippen LogP contribution >= 0.6 is 0 Å². The van der Waals surface area contributed by atoms with Gasteiger partial charge in [-0.15, -0.1) is 0 Å². The number of rotatable bonds is 4. The average molecular weight is 220 g/mol. The van der Waals surface area contributed by atoms with Gasteiger partial charge in [-0.05, 0) is 6.42 Å². The van der Waals surface area contributed by atoms with Crippen molar-refractivity contribution in [3.63, 3.8) is 0 Å². The summed E-state index contributed by atoms with van der Waals surface area (Å²) in [7, 11) is -2.84. The molecule has 0 aliphatic carbocycles. The number of primary amides is 1. The number of sulfone groups is 1. The second-order valence-corrected chi connectivity index (χ2v) is 6.04. The van der Waals surface area contributed by atoms with Crippen LogP contribution in [0.2, 0.25) is 0 Å². The Morgan fingerprint density at radius 2 is 2.29 bits per heavy atom. The van der Waals surface area contributed by atoms with Crippen LogP contribution in [0, 0.1) is 5.92 Å². The lowest BCUT2D eigenvalue weighted by molar-refractivity contribution is -0.121. The van der Waals surface area contributed by atoms with E-state index >= 15 is 0 Å². The highest BCUT2D eigenvalue weighted by Gasteiger charge is 2.27. The first-order valence-electron chi connectivity index (χ1n) is 4.64. The largest absolute Gasteiger partial charge is 0.369 e. The van der Waals surface area contributed by atoms with Crippen LogP contribution in [0.3, 0.4) is 0 Å². The maximum Gasteiger partial charge on any atom is 0.221 e. The van der Waals surface area contributed by atoms with Gasteiger partial charge in [-0.25, -0.2) is 8.42 Å². The fourth-order valence-electron chi connectivity index (χ4n) is 1.40. The minimum atomic E-state index is -2.84. The summed E-state index contributed by atoms with van der Waals surface area (Å²) in [6, 6.07) is -0.0122. The average Bonchev–Trinajstić information content (AvgIpc) is 2.41. The highest BCUT2D eigenvalue weighted by molar-refractivity contribution is 7.91. The zero-order chi connectivity index (χ0) is 10.8. The van der Waals surface area contributed by atoms with Crippen molar-refractivity contribution in [3.05, 3.63) is 0 Å². The van der Waals surface area contributed by atoms with Crippen molar-refractivity contribution >= 4 is 15.7 Å². The van der Waals surface area contributed by atoms with Crippen molar-refractivity contribution in [3.8, 4) is 0 Å². The van der Waals surface area contributed by atoms with E-state index < -0.39 is 9.84 Å². The Kier molecular flexibility index (Phi) is 3.49. The topological polar surface area (TPSA) is 89.3 Å². The van der Waals surface area contributed by atoms with Gasteiger partial charge in [0.05, 0.1) is 11.5 Å². The number of nitrogens with one attached hydrogen (secondary N) is 1. The molecule has 82 valence electrons. The Morgan fingerprint density at radius 1 is 1.64 bits per heavy atom. The molecule has 0 aromatic rings. The van der Waals surface area contributed by atoms with Gasteiger partial charge >= 0.3 is 0 Å². The molecular weight excluding hydrogens is 204 g/mol. The van der Waals surface area contributed by atoms with Crippen LogP contribution in [-0.2, 0) is 14.6 Å². The fourth-order valence-corrected chi connectivity index (χ4v) is 3.11. The highest BCUT2D eigenvalue weighted by Crippen LogP contribution is 2.11. The molecule has 0 radical (unpaired) electrons. The Morgan fingerprint density at radius 3 is 2.71 bits per heavy atom. The van der Waals surface area contributed by atoms with E-state index in [-0.39, 0.29) is 29.4 Å². The van der Waals surface area contributed by atoms with E-state index in [1.165, 1.54) is 0 Å². The van der Waals surface area contributed by atoms with Crippen molar-refractivity contribution in [1.29, 1.82) is 0 Å². The number of amides is 1. The Labute approximate surface area is 84.0 Å². The van der Waals surface area contributed by atoms with Crippen molar-refractivity contribution in [2.45, 2.75) is 19.4 Å². The number of carbonyl (C=O) groups excluding carboxylic acids is 1. The molecule has 1 heterocycles. The van der Waals surface area contributed by atoms with Gasteiger partial charge in [-0.3, -0.25) is 4.79 Å². The van der Waals surface area contributed by atoms with Crippen LogP contribution in [0.25, 0.3) is 0 Å². The number of carbonyl (C=O) groups is 1. The molecule has 1 rings (SSSR count). The molecule has 0 spiro atoms. The predicted molar refractivity (Wildman–Crippen MR) is 53.4 cm³/mol. The minimum Gasteiger partial charge on any atom is -0.369 e. The third-order valence-electron chi connectivity index (χ3n) is 2.43. The lowest BCUT2D eigenvalue weighted by Crippen LogP contribution is -2.37. The molecule has 1 amide bonds. The number of nitrogens with two attached hydrogens (primary N) is 1. The van der Waals surface area contributed by atoms with Crippen LogP contribution < -0.4 is 11.1 Å². The van der Waals surface area contributed by atoms with Gasteiger partial charge in [0.25, 0.3) is 0 Å². The predicted octanol–water partition coefficient (Wildman–Crippen LogP) is -1.12. The molecular formula is C8H16N2O3S. The molecule has 1 fully saturated rings. The maximum absolute atomic E-state index is 11.1. The smallest absolute Gasteiger partial charge is 0.221 e. The van der Waals surface area contributed by atoms with Gasteiger partial charge in [0.1, 0.15) is 0 Å². The zero-order valence-electron chi connectivity index (χ0n) is 8.19. The van der Waals surface area contributed by atoms with E-state index in [1.54, 1.807) is 6.92 Å². The second-order valence-electron chi connectivity index (χ2n) is 3.81. The summed E-state index contributed by atoms with van der Waals surface area (Å²) in [5.41, 5.74) is 5.08. The van der Waals surface area contributed by atoms with Gasteiger partial charge in [0.2, 0.25) is 5.91 Å². The fraction of sp³-hybridized carbons (Fsp3) is 0.875. The minimum absolute atomic E-state index is 0.0122. The van der Waals surface area contributed by atoms with Crippen LogP contribution in [0.1, 0.15) is 13.3 Å². The lowest BCUT2D eigenvalue weighted by atomic mass is 10.1. The molecule has 0 bridgehead atoms. The summed E-state index contributed by atoms with van der Waals surface area (Å²) >= 11 is 0. The van der Waals surface area contributed by atoms with E-state index in [1.807, 2.05) is 0 Å². The van der Waals surface area contributed by atoms with E-state index in [2.05, 4.69) is 5.32 Å². The number of hydrogen-bond acceptors (Lipinski definition) is 4. The summed E-state index contributed by atoms with van der Waals surface area (Å²) < 4.78 is 22.2. The molecule has 6 heteroatoms. The normalized spacial score (nSPS) is 27.4. The quantitative estimate of drug-likeness (QED) is 0.628. The molecule has 0 aromatic carbocycles. The van der Waals surface area contributed by atoms with Crippen LogP contribution in [0.4, 0.5) is 0 Å². The first kappa shape index (κ1) is 11.5. The second kappa shape index (κ2) is 4.27. The summed E-state index contributed by atoms with van der Waals surface area (Å²) in [6.07, 6.45) is 0.633. The molecule has 0 aromatic heterocycles. The lowest BCUT2D eigenvalue weighted by Gasteiger charge is -2.13. The molecule has 0 saturated carbocycles. The van der Waals surface area contributed by atoms with Crippen molar-refractivity contribution in [1.82, 2.24) is 5.32 Å². The van der Waals surface area contributed by atoms with Crippen LogP contribution in [0.15, 0.2) is 0 Å². The van der Waals surface area contributed by atoms with E-state index in [9.17, 15) is 13.2 Å². The molecule has 1 aliphatic rings. The van der Waals surface area contributed by atoms with Gasteiger partial charge in [-0.2, -0.15) is 0 Å². The number of hydrogen-bond donors (Lipinski definition) is 2. The first-order valence-corrected chi connectivity index (χ1v) is 6.46. The molecule has 2 atom stereocenters. The first-order chi connectivity index (χ1) is 6.41. The zero-order valence-corrected chi connectivity index (χ0v) is 9.01. The Hall–Kier alpha value is -0.620. The molecule has 1 saturated heterocycles.